The minimum Gasteiger partial charge on any atom is -0.504 e. The smallest absolute Gasteiger partial charge is 0.358 e. The summed E-state index contributed by atoms with van der Waals surface area (Å²) in [4.78, 5) is 268. The van der Waals surface area contributed by atoms with Crippen LogP contribution in [-0.4, -0.2) is 235 Å². The van der Waals surface area contributed by atoms with Crippen LogP contribution in [0.4, 0.5) is 0 Å². The summed E-state index contributed by atoms with van der Waals surface area (Å²) < 4.78 is 66.2. The first-order valence-corrected chi connectivity index (χ1v) is 46.8. The van der Waals surface area contributed by atoms with E-state index in [0.717, 1.165) is 28.4 Å². The van der Waals surface area contributed by atoms with E-state index >= 15 is 0 Å². The number of hydrogen-bond donors (Lipinski definition) is 4. The highest BCUT2D eigenvalue weighted by Crippen LogP contribution is 2.86. The molecule has 4 N–H and O–H groups in total. The maximum absolute atomic E-state index is 14.1. The number of aliphatic hydroxyl groups is 4. The molecule has 0 radical (unpaired) electrons. The first-order valence-electron chi connectivity index (χ1n) is 46.8. The molecule has 12 aliphatic carbocycles. The zero-order valence-electron chi connectivity index (χ0n) is 84.0. The summed E-state index contributed by atoms with van der Waals surface area (Å²) in [6.45, 7) is 53.9. The first-order chi connectivity index (χ1) is 63.8. The molecule has 28 atom stereocenters. The Morgan fingerprint density at radius 2 is 0.421 bits per heavy atom. The van der Waals surface area contributed by atoms with Crippen LogP contribution in [0.2, 0.25) is 0 Å². The molecule has 0 aromatic carbocycles. The van der Waals surface area contributed by atoms with E-state index in [1.165, 1.54) is 83.1 Å². The van der Waals surface area contributed by atoms with Crippen LogP contribution in [0.5, 0.6) is 0 Å². The van der Waals surface area contributed by atoms with Gasteiger partial charge in [-0.2, -0.15) is 0 Å². The quantitative estimate of drug-likeness (QED) is 0.0672. The number of cyclic esters (lactones) is 4. The van der Waals surface area contributed by atoms with Crippen molar-refractivity contribution in [2.24, 2.45) is 110 Å². The van der Waals surface area contributed by atoms with Gasteiger partial charge in [-0.15, -0.1) is 0 Å². The second kappa shape index (κ2) is 27.6. The number of rotatable bonds is 4. The first kappa shape index (κ1) is 100. The number of carbonyl (C=O) groups excluding carboxylic acids is 20. The monoisotopic (exact) mass is 1940 g/mol. The number of allylic oxidation sites excluding steroid dienone is 4. The molecule has 8 aliphatic heterocycles. The van der Waals surface area contributed by atoms with Crippen molar-refractivity contribution in [1.82, 2.24) is 0 Å². The Labute approximate surface area is 805 Å². The molecule has 36 nitrogen and oxygen atoms in total. The van der Waals surface area contributed by atoms with Gasteiger partial charge in [-0.05, 0) is 209 Å². The molecule has 20 rings (SSSR count). The second-order valence-electron chi connectivity index (χ2n) is 47.2. The van der Waals surface area contributed by atoms with Crippen LogP contribution >= 0.6 is 0 Å². The fourth-order valence-corrected chi connectivity index (χ4v) is 32.8. The van der Waals surface area contributed by atoms with E-state index in [2.05, 4.69) is 26.3 Å². The number of ether oxygens (including phenoxy) is 12. The van der Waals surface area contributed by atoms with Gasteiger partial charge in [-0.1, -0.05) is 54.0 Å². The number of fused-ring (bicyclic) bond motifs is 12. The van der Waals surface area contributed by atoms with Crippen molar-refractivity contribution in [2.75, 3.05) is 28.4 Å². The summed E-state index contributed by atoms with van der Waals surface area (Å²) in [5, 5.41) is 45.4. The highest BCUT2D eigenvalue weighted by molar-refractivity contribution is 6.23. The molecule has 0 aromatic rings. The second-order valence-corrected chi connectivity index (χ2v) is 47.2. The Morgan fingerprint density at radius 3 is 0.564 bits per heavy atom. The standard InChI is InChI=1S/4C26H30O9/c4*1-11-17-26(34-17)22(4)10-9-12(27)21(2,3)14(22)13(28)16(29)24(26,6)15-18(30)35-25(7,20(32)33-8)19(31)23(11,15)5/h4*15,17,28H,1,9-10H2,2-8H3/t4*15-,17-,22+,23+,24-,25-,26+/m0000/s1. The van der Waals surface area contributed by atoms with Gasteiger partial charge in [0, 0.05) is 69.0 Å². The topological polar surface area (TPSA) is 546 Å². The lowest BCUT2D eigenvalue weighted by molar-refractivity contribution is -0.212. The van der Waals surface area contributed by atoms with Crippen molar-refractivity contribution >= 4 is 117 Å². The predicted molar refractivity (Wildman–Crippen MR) is 475 cm³/mol. The molecule has 752 valence electrons. The number of aliphatic hydroxyl groups excluding tert-OH is 4. The van der Waals surface area contributed by atoms with Gasteiger partial charge in [0.2, 0.25) is 23.1 Å². The van der Waals surface area contributed by atoms with Crippen LogP contribution in [0.1, 0.15) is 218 Å². The molecule has 4 spiro atoms. The number of ketones is 12. The van der Waals surface area contributed by atoms with Crippen LogP contribution in [0.3, 0.4) is 0 Å². The van der Waals surface area contributed by atoms with Crippen molar-refractivity contribution in [2.45, 2.75) is 287 Å². The zero-order valence-corrected chi connectivity index (χ0v) is 84.0. The van der Waals surface area contributed by atoms with E-state index < -0.39 is 297 Å². The summed E-state index contributed by atoms with van der Waals surface area (Å²) in [6.07, 6.45) is -1.33. The average Bonchev–Trinajstić information content (AvgIpc) is 1.46. The lowest BCUT2D eigenvalue weighted by atomic mass is 9.37. The molecule has 0 aromatic heterocycles. The summed E-state index contributed by atoms with van der Waals surface area (Å²) in [5.41, 5.74) is -34.2. The molecule has 0 bridgehead atoms. The third-order valence-corrected chi connectivity index (χ3v) is 40.1. The van der Waals surface area contributed by atoms with Gasteiger partial charge < -0.3 is 77.3 Å². The molecule has 16 fully saturated rings. The van der Waals surface area contributed by atoms with E-state index in [1.54, 1.807) is 55.4 Å². The molecular weight excluding hydrogens is 1830 g/mol. The molecule has 140 heavy (non-hydrogen) atoms. The van der Waals surface area contributed by atoms with Gasteiger partial charge in [-0.25, -0.2) is 19.2 Å². The van der Waals surface area contributed by atoms with Crippen molar-refractivity contribution in [3.63, 3.8) is 0 Å². The van der Waals surface area contributed by atoms with Gasteiger partial charge in [0.25, 0.3) is 22.4 Å². The fraction of sp³-hybridized carbons (Fsp3) is 0.654. The van der Waals surface area contributed by atoms with E-state index in [4.69, 9.17) is 56.8 Å². The SMILES string of the molecule is C=C1[C@@H]2O[C@@]23[C@]2(C)CCC(=O)C(C)(C)C2=C(O)C(=O)[C@]3(C)[C@H]2C(=O)O[C@](C)(C(=O)OC)C(=O)[C@]12C.C=C1[C@@H]2O[C@@]23[C@]2(C)CCC(=O)C(C)(C)C2=C(O)C(=O)[C@]3(C)[C@H]2C(=O)O[C@](C)(C(=O)OC)C(=O)[C@]12C.C=C1[C@@H]2O[C@@]23[C@]2(C)CCC(=O)C(C)(C)C2=C(O)C(=O)[C@]3(C)[C@H]2C(=O)O[C@](C)(C(=O)OC)C(=O)[C@]12C.C=C1[C@@H]2O[C@@]23[C@]2(C)CCC(=O)C(C)(C)C2=C(O)C(=O)[C@]3(C)[C@H]2C(=O)O[C@](C)(C(=O)OC)C(=O)[C@]12C. The predicted octanol–water partition coefficient (Wildman–Crippen LogP) is 8.68. The van der Waals surface area contributed by atoms with Crippen LogP contribution in [0.25, 0.3) is 0 Å². The van der Waals surface area contributed by atoms with E-state index in [0.29, 0.717) is 0 Å². The summed E-state index contributed by atoms with van der Waals surface area (Å²) >= 11 is 0. The number of esters is 8. The third-order valence-electron chi connectivity index (χ3n) is 40.1. The fourth-order valence-electron chi connectivity index (χ4n) is 32.8. The number of hydrogen-bond acceptors (Lipinski definition) is 36. The molecule has 8 saturated heterocycles. The van der Waals surface area contributed by atoms with Crippen molar-refractivity contribution < 1.29 is 173 Å². The maximum Gasteiger partial charge on any atom is 0.358 e. The van der Waals surface area contributed by atoms with Crippen molar-refractivity contribution in [3.8, 4) is 0 Å². The van der Waals surface area contributed by atoms with Crippen LogP contribution in [0, 0.1) is 110 Å². The molecule has 8 saturated carbocycles. The van der Waals surface area contributed by atoms with Crippen LogP contribution in [-0.2, 0) is 153 Å². The van der Waals surface area contributed by atoms with Crippen molar-refractivity contribution in [3.05, 3.63) is 93.9 Å². The molecule has 0 unspecified atom stereocenters. The molecular formula is C104H120O36. The Kier molecular flexibility index (Phi) is 19.8. The van der Waals surface area contributed by atoms with Crippen molar-refractivity contribution in [1.29, 1.82) is 0 Å². The molecule has 36 heteroatoms. The van der Waals surface area contributed by atoms with E-state index in [9.17, 15) is 116 Å². The van der Waals surface area contributed by atoms with E-state index in [-0.39, 0.29) is 119 Å². The summed E-state index contributed by atoms with van der Waals surface area (Å²) in [5.74, 6) is -22.6. The van der Waals surface area contributed by atoms with Gasteiger partial charge in [0.1, 0.15) is 70.0 Å². The Morgan fingerprint density at radius 1 is 0.271 bits per heavy atom. The number of Topliss-reactive ketones (excluding diaryl/α,β-unsaturated/α-hetero) is 12. The van der Waals surface area contributed by atoms with Gasteiger partial charge in [0.15, 0.2) is 46.2 Å². The Hall–Kier alpha value is -11.2. The third kappa shape index (κ3) is 9.78. The van der Waals surface area contributed by atoms with Crippen LogP contribution in [0.15, 0.2) is 93.9 Å². The average molecular weight is 1950 g/mol. The normalized spacial score (nSPS) is 47.8. The molecule has 0 amide bonds. The minimum absolute atomic E-state index is 0.109. The van der Waals surface area contributed by atoms with Crippen LogP contribution < -0.4 is 0 Å². The van der Waals surface area contributed by atoms with Gasteiger partial charge in [-0.3, -0.25) is 76.7 Å². The molecule has 20 aliphatic rings. The largest absolute Gasteiger partial charge is 0.504 e. The zero-order chi connectivity index (χ0) is 105. The lowest BCUT2D eigenvalue weighted by Crippen LogP contribution is -2.75. The van der Waals surface area contributed by atoms with E-state index in [1.807, 2.05) is 27.7 Å². The maximum atomic E-state index is 14.1. The highest BCUT2D eigenvalue weighted by atomic mass is 16.7. The number of epoxide rings is 4. The van der Waals surface area contributed by atoms with Gasteiger partial charge >= 0.3 is 47.8 Å². The lowest BCUT2D eigenvalue weighted by Gasteiger charge is -2.62. The number of methoxy groups -OCH3 is 4. The summed E-state index contributed by atoms with van der Waals surface area (Å²) in [6, 6.07) is 0. The Balaban J connectivity index is 0.000000129. The highest BCUT2D eigenvalue weighted by Gasteiger charge is 2.97. The molecule has 8 heterocycles. The van der Waals surface area contributed by atoms with Gasteiger partial charge in [0.05, 0.1) is 95.4 Å². The Bertz CT molecular complexity index is 5650. The number of carbonyl (C=O) groups is 20. The minimum atomic E-state index is -2.23. The summed E-state index contributed by atoms with van der Waals surface area (Å²) in [7, 11) is 4.32.